The lowest BCUT2D eigenvalue weighted by atomic mass is 9.98. The molecular weight excluding hydrogens is 400 g/mol. The molecule has 0 bridgehead atoms. The summed E-state index contributed by atoms with van der Waals surface area (Å²) in [7, 11) is 1.26. The number of benzene rings is 1. The Morgan fingerprint density at radius 1 is 0.968 bits per heavy atom. The van der Waals surface area contributed by atoms with Gasteiger partial charge in [-0.15, -0.1) is 0 Å². The van der Waals surface area contributed by atoms with E-state index in [0.717, 1.165) is 5.56 Å². The number of phenols is 1. The molecule has 31 heavy (non-hydrogen) atoms. The van der Waals surface area contributed by atoms with Crippen molar-refractivity contribution in [1.29, 1.82) is 0 Å². The van der Waals surface area contributed by atoms with Crippen LogP contribution in [0, 0.1) is 11.8 Å². The summed E-state index contributed by atoms with van der Waals surface area (Å²) in [4.78, 5) is 37.7. The Labute approximate surface area is 184 Å². The molecule has 0 radical (unpaired) electrons. The highest BCUT2D eigenvalue weighted by Gasteiger charge is 2.28. The molecule has 174 valence electrons. The fraction of sp³-hybridized carbons (Fsp3) is 0.609. The van der Waals surface area contributed by atoms with Crippen LogP contribution in [0.15, 0.2) is 24.3 Å². The van der Waals surface area contributed by atoms with Crippen molar-refractivity contribution in [1.82, 2.24) is 10.6 Å². The maximum atomic E-state index is 12.9. The summed E-state index contributed by atoms with van der Waals surface area (Å²) in [5, 5.41) is 23.9. The maximum absolute atomic E-state index is 12.9. The number of hydrogen-bond acceptors (Lipinski definition) is 6. The van der Waals surface area contributed by atoms with Crippen LogP contribution in [0.1, 0.15) is 52.0 Å². The van der Waals surface area contributed by atoms with Gasteiger partial charge in [-0.2, -0.15) is 0 Å². The number of rotatable bonds is 13. The van der Waals surface area contributed by atoms with Crippen LogP contribution in [-0.4, -0.2) is 53.8 Å². The van der Waals surface area contributed by atoms with Gasteiger partial charge in [0.25, 0.3) is 0 Å². The van der Waals surface area contributed by atoms with Crippen LogP contribution in [0.5, 0.6) is 5.75 Å². The number of aromatic hydroxyl groups is 1. The fourth-order valence-electron chi connectivity index (χ4n) is 3.22. The third-order valence-corrected chi connectivity index (χ3v) is 4.97. The number of methoxy groups -OCH3 is 1. The molecule has 4 N–H and O–H groups in total. The molecule has 0 aliphatic heterocycles. The molecule has 3 atom stereocenters. The molecule has 1 aromatic carbocycles. The van der Waals surface area contributed by atoms with E-state index in [1.54, 1.807) is 31.2 Å². The molecule has 2 amide bonds. The van der Waals surface area contributed by atoms with Crippen molar-refractivity contribution in [2.45, 2.75) is 65.0 Å². The first kappa shape index (κ1) is 26.4. The molecule has 0 fully saturated rings. The van der Waals surface area contributed by atoms with Crippen molar-refractivity contribution in [3.63, 3.8) is 0 Å². The number of carbonyl (C=O) groups excluding carboxylic acids is 3. The first-order valence-corrected chi connectivity index (χ1v) is 10.7. The third kappa shape index (κ3) is 9.83. The lowest BCUT2D eigenvalue weighted by Crippen LogP contribution is -2.53. The molecule has 0 saturated carbocycles. The van der Waals surface area contributed by atoms with E-state index in [-0.39, 0.29) is 30.1 Å². The predicted octanol–water partition coefficient (Wildman–Crippen LogP) is 1.92. The van der Waals surface area contributed by atoms with Gasteiger partial charge < -0.3 is 25.6 Å². The molecule has 0 saturated heterocycles. The monoisotopic (exact) mass is 436 g/mol. The number of amides is 2. The Kier molecular flexibility index (Phi) is 11.6. The Hall–Kier alpha value is -2.61. The van der Waals surface area contributed by atoms with E-state index in [2.05, 4.69) is 10.6 Å². The number of phenolic OH excluding ortho intramolecular Hbond substituents is 1. The van der Waals surface area contributed by atoms with E-state index in [9.17, 15) is 19.5 Å². The minimum atomic E-state index is -0.829. The summed E-state index contributed by atoms with van der Waals surface area (Å²) in [6.45, 7) is 5.68. The summed E-state index contributed by atoms with van der Waals surface area (Å²) in [5.41, 5.74) is 0.903. The molecule has 0 aliphatic carbocycles. The summed E-state index contributed by atoms with van der Waals surface area (Å²) < 4.78 is 4.78. The van der Waals surface area contributed by atoms with Crippen LogP contribution in [0.2, 0.25) is 0 Å². The lowest BCUT2D eigenvalue weighted by molar-refractivity contribution is -0.145. The van der Waals surface area contributed by atoms with Gasteiger partial charge in [0.2, 0.25) is 11.8 Å². The normalized spacial score (nSPS) is 13.9. The first-order chi connectivity index (χ1) is 14.7. The maximum Gasteiger partial charge on any atom is 0.328 e. The molecule has 0 heterocycles. The number of ether oxygens (including phenoxy) is 1. The zero-order chi connectivity index (χ0) is 23.4. The van der Waals surface area contributed by atoms with E-state index in [4.69, 9.17) is 9.84 Å². The molecule has 8 heteroatoms. The highest BCUT2D eigenvalue weighted by atomic mass is 16.5. The zero-order valence-electron chi connectivity index (χ0n) is 18.9. The Bertz CT molecular complexity index is 705. The number of hydrogen-bond donors (Lipinski definition) is 4. The van der Waals surface area contributed by atoms with Gasteiger partial charge in [-0.3, -0.25) is 9.59 Å². The molecule has 3 unspecified atom stereocenters. The summed E-state index contributed by atoms with van der Waals surface area (Å²) >= 11 is 0. The smallest absolute Gasteiger partial charge is 0.328 e. The second-order valence-electron chi connectivity index (χ2n) is 8.27. The summed E-state index contributed by atoms with van der Waals surface area (Å²) in [6, 6.07) is 5.04. The molecule has 8 nitrogen and oxygen atoms in total. The molecule has 0 aromatic heterocycles. The van der Waals surface area contributed by atoms with Crippen molar-refractivity contribution >= 4 is 17.8 Å². The van der Waals surface area contributed by atoms with Gasteiger partial charge in [0.1, 0.15) is 17.8 Å². The molecule has 0 aliphatic rings. The van der Waals surface area contributed by atoms with E-state index < -0.39 is 24.0 Å². The number of nitrogens with one attached hydrogen (secondary N) is 2. The van der Waals surface area contributed by atoms with Gasteiger partial charge in [0.05, 0.1) is 7.11 Å². The second-order valence-corrected chi connectivity index (χ2v) is 8.27. The van der Waals surface area contributed by atoms with Crippen LogP contribution in [0.3, 0.4) is 0 Å². The van der Waals surface area contributed by atoms with Crippen molar-refractivity contribution in [3.05, 3.63) is 29.8 Å². The van der Waals surface area contributed by atoms with Crippen LogP contribution in [-0.2, 0) is 25.5 Å². The van der Waals surface area contributed by atoms with Gasteiger partial charge >= 0.3 is 5.97 Å². The topological polar surface area (TPSA) is 125 Å². The third-order valence-electron chi connectivity index (χ3n) is 4.97. The summed E-state index contributed by atoms with van der Waals surface area (Å²) in [5.74, 6) is -1.32. The van der Waals surface area contributed by atoms with E-state index in [1.165, 1.54) is 7.11 Å². The quantitative estimate of drug-likeness (QED) is 0.277. The van der Waals surface area contributed by atoms with Crippen molar-refractivity contribution in [3.8, 4) is 5.75 Å². The zero-order valence-corrected chi connectivity index (χ0v) is 18.9. The predicted molar refractivity (Wildman–Crippen MR) is 117 cm³/mol. The van der Waals surface area contributed by atoms with Gasteiger partial charge in [-0.05, 0) is 55.7 Å². The number of aliphatic hydroxyl groups is 1. The van der Waals surface area contributed by atoms with E-state index in [1.807, 2.05) is 13.8 Å². The van der Waals surface area contributed by atoms with Gasteiger partial charge in [0, 0.05) is 12.5 Å². The standard InChI is InChI=1S/C23H36N2O6/c1-15(2)13-20(22(29)24-19(23(30)31-4)7-5-6-12-26)25-21(28)16(3)14-17-8-10-18(27)11-9-17/h8-11,15-16,19-20,26-27H,5-7,12-14H2,1-4H3,(H,24,29)(H,25,28). The Morgan fingerprint density at radius 2 is 1.58 bits per heavy atom. The fourth-order valence-corrected chi connectivity index (χ4v) is 3.22. The molecule has 0 spiro atoms. The highest BCUT2D eigenvalue weighted by Crippen LogP contribution is 2.15. The average Bonchev–Trinajstić information content (AvgIpc) is 2.73. The Morgan fingerprint density at radius 3 is 2.13 bits per heavy atom. The van der Waals surface area contributed by atoms with Crippen LogP contribution >= 0.6 is 0 Å². The number of unbranched alkanes of at least 4 members (excludes halogenated alkanes) is 1. The largest absolute Gasteiger partial charge is 0.508 e. The first-order valence-electron chi connectivity index (χ1n) is 10.7. The average molecular weight is 437 g/mol. The number of aliphatic hydroxyl groups excluding tert-OH is 1. The van der Waals surface area contributed by atoms with E-state index >= 15 is 0 Å². The van der Waals surface area contributed by atoms with E-state index in [0.29, 0.717) is 32.1 Å². The number of carbonyl (C=O) groups is 3. The highest BCUT2D eigenvalue weighted by molar-refractivity contribution is 5.91. The Balaban J connectivity index is 2.79. The minimum absolute atomic E-state index is 0.00674. The van der Waals surface area contributed by atoms with Gasteiger partial charge in [-0.25, -0.2) is 4.79 Å². The second kappa shape index (κ2) is 13.6. The van der Waals surface area contributed by atoms with Crippen molar-refractivity contribution in [2.75, 3.05) is 13.7 Å². The number of esters is 1. The van der Waals surface area contributed by atoms with Crippen LogP contribution in [0.25, 0.3) is 0 Å². The van der Waals surface area contributed by atoms with Crippen molar-refractivity contribution < 1.29 is 29.3 Å². The minimum Gasteiger partial charge on any atom is -0.508 e. The summed E-state index contributed by atoms with van der Waals surface area (Å²) in [6.07, 6.45) is 2.31. The van der Waals surface area contributed by atoms with Crippen LogP contribution in [0.4, 0.5) is 0 Å². The van der Waals surface area contributed by atoms with Crippen LogP contribution < -0.4 is 10.6 Å². The molecule has 1 aromatic rings. The molecular formula is C23H36N2O6. The molecule has 1 rings (SSSR count). The van der Waals surface area contributed by atoms with Gasteiger partial charge in [0.15, 0.2) is 0 Å². The lowest BCUT2D eigenvalue weighted by Gasteiger charge is -2.24. The SMILES string of the molecule is COC(=O)C(CCCCO)NC(=O)C(CC(C)C)NC(=O)C(C)Cc1ccc(O)cc1. The van der Waals surface area contributed by atoms with Crippen molar-refractivity contribution in [2.24, 2.45) is 11.8 Å². The van der Waals surface area contributed by atoms with Gasteiger partial charge in [-0.1, -0.05) is 32.9 Å².